The molecule has 0 aliphatic carbocycles. The molecule has 2 heterocycles. The summed E-state index contributed by atoms with van der Waals surface area (Å²) in [7, 11) is 1.28. The van der Waals surface area contributed by atoms with Crippen LogP contribution in [0.3, 0.4) is 0 Å². The van der Waals surface area contributed by atoms with Gasteiger partial charge in [-0.1, -0.05) is 0 Å². The zero-order valence-electron chi connectivity index (χ0n) is 10.00. The van der Waals surface area contributed by atoms with E-state index in [1.165, 1.54) is 24.4 Å². The number of esters is 1. The Balaban J connectivity index is 2.15. The molecule has 7 heteroatoms. The van der Waals surface area contributed by atoms with E-state index in [0.29, 0.717) is 25.5 Å². The number of ether oxygens (including phenoxy) is 1. The first-order valence-corrected chi connectivity index (χ1v) is 5.56. The summed E-state index contributed by atoms with van der Waals surface area (Å²) in [4.78, 5) is 32.4. The summed E-state index contributed by atoms with van der Waals surface area (Å²) in [6.45, 7) is 0.982. The second-order valence-electron chi connectivity index (χ2n) is 4.07. The SMILES string of the molecule is COC(=O)c1cnc(N2CC(CN)CC2=O)nc1. The molecule has 1 aromatic heterocycles. The van der Waals surface area contributed by atoms with Crippen molar-refractivity contribution in [1.29, 1.82) is 0 Å². The van der Waals surface area contributed by atoms with Crippen molar-refractivity contribution in [1.82, 2.24) is 9.97 Å². The quantitative estimate of drug-likeness (QED) is 0.731. The lowest BCUT2D eigenvalue weighted by atomic mass is 10.1. The van der Waals surface area contributed by atoms with Gasteiger partial charge in [-0.2, -0.15) is 0 Å². The Morgan fingerprint density at radius 1 is 1.56 bits per heavy atom. The highest BCUT2D eigenvalue weighted by Gasteiger charge is 2.31. The van der Waals surface area contributed by atoms with Gasteiger partial charge in [-0.3, -0.25) is 9.69 Å². The van der Waals surface area contributed by atoms with Gasteiger partial charge in [-0.05, 0) is 12.5 Å². The first-order valence-electron chi connectivity index (χ1n) is 5.56. The largest absolute Gasteiger partial charge is 0.465 e. The molecule has 7 nitrogen and oxygen atoms in total. The van der Waals surface area contributed by atoms with E-state index < -0.39 is 5.97 Å². The van der Waals surface area contributed by atoms with Crippen LogP contribution >= 0.6 is 0 Å². The molecule has 0 aromatic carbocycles. The van der Waals surface area contributed by atoms with E-state index >= 15 is 0 Å². The van der Waals surface area contributed by atoms with E-state index in [9.17, 15) is 9.59 Å². The summed E-state index contributed by atoms with van der Waals surface area (Å²) in [5.74, 6) is -0.115. The number of anilines is 1. The van der Waals surface area contributed by atoms with Crippen molar-refractivity contribution >= 4 is 17.8 Å². The molecular formula is C11H14N4O3. The molecular weight excluding hydrogens is 236 g/mol. The number of carbonyl (C=O) groups excluding carboxylic acids is 2. The van der Waals surface area contributed by atoms with Crippen molar-refractivity contribution in [2.75, 3.05) is 25.1 Å². The van der Waals surface area contributed by atoms with E-state index in [2.05, 4.69) is 14.7 Å². The molecule has 1 atom stereocenters. The summed E-state index contributed by atoms with van der Waals surface area (Å²) < 4.78 is 4.54. The topological polar surface area (TPSA) is 98.4 Å². The van der Waals surface area contributed by atoms with Crippen molar-refractivity contribution in [3.8, 4) is 0 Å². The summed E-state index contributed by atoms with van der Waals surface area (Å²) in [5, 5.41) is 0. The van der Waals surface area contributed by atoms with Crippen LogP contribution in [-0.2, 0) is 9.53 Å². The Kier molecular flexibility index (Phi) is 3.52. The van der Waals surface area contributed by atoms with Gasteiger partial charge < -0.3 is 10.5 Å². The van der Waals surface area contributed by atoms with Crippen molar-refractivity contribution in [2.45, 2.75) is 6.42 Å². The maximum absolute atomic E-state index is 11.7. The number of amides is 1. The second kappa shape index (κ2) is 5.09. The third kappa shape index (κ3) is 2.30. The van der Waals surface area contributed by atoms with E-state index in [1.54, 1.807) is 0 Å². The second-order valence-corrected chi connectivity index (χ2v) is 4.07. The van der Waals surface area contributed by atoms with Crippen molar-refractivity contribution < 1.29 is 14.3 Å². The monoisotopic (exact) mass is 250 g/mol. The van der Waals surface area contributed by atoms with Crippen LogP contribution in [0.1, 0.15) is 16.8 Å². The normalized spacial score (nSPS) is 19.1. The summed E-state index contributed by atoms with van der Waals surface area (Å²) >= 11 is 0. The molecule has 0 spiro atoms. The molecule has 18 heavy (non-hydrogen) atoms. The maximum Gasteiger partial charge on any atom is 0.341 e. The van der Waals surface area contributed by atoms with Crippen molar-refractivity contribution in [2.24, 2.45) is 11.7 Å². The lowest BCUT2D eigenvalue weighted by Crippen LogP contribution is -2.27. The number of hydrogen-bond donors (Lipinski definition) is 1. The minimum Gasteiger partial charge on any atom is -0.465 e. The molecule has 0 bridgehead atoms. The maximum atomic E-state index is 11.7. The Morgan fingerprint density at radius 2 is 2.22 bits per heavy atom. The zero-order chi connectivity index (χ0) is 13.1. The van der Waals surface area contributed by atoms with Gasteiger partial charge in [0, 0.05) is 25.4 Å². The molecule has 1 amide bonds. The molecule has 96 valence electrons. The Morgan fingerprint density at radius 3 is 2.72 bits per heavy atom. The molecule has 1 aliphatic heterocycles. The van der Waals surface area contributed by atoms with E-state index in [1.807, 2.05) is 0 Å². The zero-order valence-corrected chi connectivity index (χ0v) is 10.00. The number of hydrogen-bond acceptors (Lipinski definition) is 6. The summed E-state index contributed by atoms with van der Waals surface area (Å²) in [6.07, 6.45) is 3.10. The average Bonchev–Trinajstić information content (AvgIpc) is 2.79. The average molecular weight is 250 g/mol. The first kappa shape index (κ1) is 12.4. The van der Waals surface area contributed by atoms with Crippen LogP contribution in [0.15, 0.2) is 12.4 Å². The van der Waals surface area contributed by atoms with Gasteiger partial charge in [0.1, 0.15) is 0 Å². The highest BCUT2D eigenvalue weighted by Crippen LogP contribution is 2.20. The predicted molar refractivity (Wildman–Crippen MR) is 62.9 cm³/mol. The third-order valence-corrected chi connectivity index (χ3v) is 2.84. The number of methoxy groups -OCH3 is 1. The van der Waals surface area contributed by atoms with E-state index in [0.717, 1.165) is 0 Å². The van der Waals surface area contributed by atoms with Crippen LogP contribution in [0.4, 0.5) is 5.95 Å². The molecule has 1 fully saturated rings. The van der Waals surface area contributed by atoms with Crippen LogP contribution in [-0.4, -0.2) is 42.0 Å². The van der Waals surface area contributed by atoms with Crippen LogP contribution in [0.25, 0.3) is 0 Å². The number of rotatable bonds is 3. The standard InChI is InChI=1S/C11H14N4O3/c1-18-10(17)8-4-13-11(14-5-8)15-6-7(3-12)2-9(15)16/h4-5,7H,2-3,6,12H2,1H3. The molecule has 2 N–H and O–H groups in total. The third-order valence-electron chi connectivity index (χ3n) is 2.84. The van der Waals surface area contributed by atoms with Gasteiger partial charge in [-0.15, -0.1) is 0 Å². The molecule has 1 aliphatic rings. The number of nitrogens with zero attached hydrogens (tertiary/aromatic N) is 3. The van der Waals surface area contributed by atoms with Crippen molar-refractivity contribution in [3.05, 3.63) is 18.0 Å². The van der Waals surface area contributed by atoms with Gasteiger partial charge in [0.25, 0.3) is 0 Å². The Bertz CT molecular complexity index is 460. The molecule has 0 saturated carbocycles. The van der Waals surface area contributed by atoms with Crippen LogP contribution in [0.5, 0.6) is 0 Å². The number of nitrogens with two attached hydrogens (primary N) is 1. The van der Waals surface area contributed by atoms with Gasteiger partial charge in [0.05, 0.1) is 12.7 Å². The predicted octanol–water partition coefficient (Wildman–Crippen LogP) is -0.425. The smallest absolute Gasteiger partial charge is 0.341 e. The lowest BCUT2D eigenvalue weighted by Gasteiger charge is -2.13. The van der Waals surface area contributed by atoms with E-state index in [4.69, 9.17) is 5.73 Å². The molecule has 1 unspecified atom stereocenters. The molecule has 1 saturated heterocycles. The Hall–Kier alpha value is -2.02. The number of aromatic nitrogens is 2. The minimum absolute atomic E-state index is 0.0451. The fourth-order valence-corrected chi connectivity index (χ4v) is 1.82. The molecule has 0 radical (unpaired) electrons. The molecule has 1 aromatic rings. The van der Waals surface area contributed by atoms with Gasteiger partial charge >= 0.3 is 5.97 Å². The first-order chi connectivity index (χ1) is 8.65. The highest BCUT2D eigenvalue weighted by atomic mass is 16.5. The lowest BCUT2D eigenvalue weighted by molar-refractivity contribution is -0.117. The summed E-state index contributed by atoms with van der Waals surface area (Å²) in [5.41, 5.74) is 5.79. The van der Waals surface area contributed by atoms with Crippen LogP contribution < -0.4 is 10.6 Å². The van der Waals surface area contributed by atoms with E-state index in [-0.39, 0.29) is 17.4 Å². The molecule has 2 rings (SSSR count). The van der Waals surface area contributed by atoms with Crippen LogP contribution in [0, 0.1) is 5.92 Å². The van der Waals surface area contributed by atoms with Gasteiger partial charge in [0.2, 0.25) is 11.9 Å². The van der Waals surface area contributed by atoms with Crippen molar-refractivity contribution in [3.63, 3.8) is 0 Å². The minimum atomic E-state index is -0.505. The fraction of sp³-hybridized carbons (Fsp3) is 0.455. The number of carbonyl (C=O) groups is 2. The van der Waals surface area contributed by atoms with Crippen LogP contribution in [0.2, 0.25) is 0 Å². The summed E-state index contributed by atoms with van der Waals surface area (Å²) in [6, 6.07) is 0. The van der Waals surface area contributed by atoms with Gasteiger partial charge in [-0.25, -0.2) is 14.8 Å². The fourth-order valence-electron chi connectivity index (χ4n) is 1.82. The Labute approximate surface area is 104 Å². The van der Waals surface area contributed by atoms with Gasteiger partial charge in [0.15, 0.2) is 0 Å². The highest BCUT2D eigenvalue weighted by molar-refractivity contribution is 5.94.